The molecule has 1 aliphatic rings. The summed E-state index contributed by atoms with van der Waals surface area (Å²) in [5.74, 6) is -1.03. The fourth-order valence-electron chi connectivity index (χ4n) is 1.58. The third kappa shape index (κ3) is 5.81. The number of Topliss-reactive ketones (excluding diaryl/α,β-unsaturated/α-hetero) is 1. The van der Waals surface area contributed by atoms with Crippen LogP contribution in [0.3, 0.4) is 0 Å². The van der Waals surface area contributed by atoms with Gasteiger partial charge in [0.2, 0.25) is 5.91 Å². The average molecular weight is 263 g/mol. The molecule has 0 saturated heterocycles. The highest BCUT2D eigenvalue weighted by molar-refractivity contribution is 5.93. The van der Waals surface area contributed by atoms with Gasteiger partial charge in [0, 0.05) is 5.56 Å². The van der Waals surface area contributed by atoms with E-state index in [1.54, 1.807) is 6.07 Å². The van der Waals surface area contributed by atoms with E-state index in [2.05, 4.69) is 6.07 Å². The lowest BCUT2D eigenvalue weighted by Gasteiger charge is -1.99. The smallest absolute Gasteiger partial charge is 0.310 e. The minimum absolute atomic E-state index is 0.312. The normalized spacial score (nSPS) is 13.1. The zero-order valence-electron chi connectivity index (χ0n) is 10.8. The van der Waals surface area contributed by atoms with Gasteiger partial charge in [0.25, 0.3) is 0 Å². The van der Waals surface area contributed by atoms with E-state index in [9.17, 15) is 14.4 Å². The molecule has 3 N–H and O–H groups in total. The van der Waals surface area contributed by atoms with Crippen LogP contribution in [0.25, 0.3) is 0 Å². The summed E-state index contributed by atoms with van der Waals surface area (Å²) in [5, 5.41) is 7.86. The van der Waals surface area contributed by atoms with E-state index in [0.29, 0.717) is 11.5 Å². The number of primary amides is 1. The van der Waals surface area contributed by atoms with E-state index in [0.717, 1.165) is 0 Å². The van der Waals surface area contributed by atoms with Crippen LogP contribution in [-0.2, 0) is 9.59 Å². The average Bonchev–Trinajstić information content (AvgIpc) is 3.11. The minimum Gasteiger partial charge on any atom is -0.481 e. The maximum absolute atomic E-state index is 10.8. The van der Waals surface area contributed by atoms with Gasteiger partial charge < -0.3 is 10.8 Å². The Balaban J connectivity index is 0.000000224. The Bertz CT molecular complexity index is 480. The molecule has 1 aromatic carbocycles. The summed E-state index contributed by atoms with van der Waals surface area (Å²) in [6, 6.07) is 7.62. The van der Waals surface area contributed by atoms with Gasteiger partial charge in [0.15, 0.2) is 0 Å². The van der Waals surface area contributed by atoms with E-state index >= 15 is 0 Å². The number of carboxylic acids is 1. The van der Waals surface area contributed by atoms with Crippen molar-refractivity contribution in [1.29, 1.82) is 0 Å². The quantitative estimate of drug-likeness (QED) is 0.808. The number of rotatable bonds is 4. The van der Waals surface area contributed by atoms with Crippen LogP contribution < -0.4 is 5.73 Å². The first-order valence-electron chi connectivity index (χ1n) is 6.01. The van der Waals surface area contributed by atoms with Crippen molar-refractivity contribution in [2.45, 2.75) is 32.1 Å². The number of nitrogens with two attached hydrogens (primary N) is 1. The number of carbonyl (C=O) groups excluding carboxylic acids is 2. The van der Waals surface area contributed by atoms with Gasteiger partial charge in [-0.15, -0.1) is 0 Å². The fraction of sp³-hybridized carbons (Fsp3) is 0.357. The second-order valence-corrected chi connectivity index (χ2v) is 4.54. The Morgan fingerprint density at radius 2 is 1.95 bits per heavy atom. The van der Waals surface area contributed by atoms with Crippen molar-refractivity contribution in [1.82, 2.24) is 0 Å². The fourth-order valence-corrected chi connectivity index (χ4v) is 1.58. The first-order valence-corrected chi connectivity index (χ1v) is 6.01. The summed E-state index contributed by atoms with van der Waals surface area (Å²) in [6.45, 7) is 1.24. The van der Waals surface area contributed by atoms with Gasteiger partial charge in [-0.25, -0.2) is 0 Å². The monoisotopic (exact) mass is 263 g/mol. The second kappa shape index (κ2) is 6.68. The highest BCUT2D eigenvalue weighted by atomic mass is 16.4. The molecule has 0 radical (unpaired) electrons. The minimum atomic E-state index is -1.06. The molecule has 1 saturated carbocycles. The largest absolute Gasteiger partial charge is 0.481 e. The summed E-state index contributed by atoms with van der Waals surface area (Å²) < 4.78 is 0. The molecule has 5 nitrogen and oxygen atoms in total. The van der Waals surface area contributed by atoms with Crippen molar-refractivity contribution >= 4 is 17.7 Å². The Kier molecular flexibility index (Phi) is 5.23. The molecule has 0 aromatic heterocycles. The van der Waals surface area contributed by atoms with E-state index in [-0.39, 0.29) is 18.1 Å². The summed E-state index contributed by atoms with van der Waals surface area (Å²) >= 11 is 0. The summed E-state index contributed by atoms with van der Waals surface area (Å²) in [4.78, 5) is 30.3. The molecular formula is C14H17NO4. The van der Waals surface area contributed by atoms with Crippen molar-refractivity contribution in [3.05, 3.63) is 35.4 Å². The number of aliphatic carboxylic acids is 1. The first kappa shape index (κ1) is 14.9. The van der Waals surface area contributed by atoms with Gasteiger partial charge in [-0.1, -0.05) is 12.1 Å². The third-order valence-electron chi connectivity index (χ3n) is 2.62. The molecule has 19 heavy (non-hydrogen) atoms. The van der Waals surface area contributed by atoms with Crippen LogP contribution in [0.15, 0.2) is 24.3 Å². The number of carboxylic acid groups (broad SMARTS) is 1. The lowest BCUT2D eigenvalue weighted by molar-refractivity contribution is -0.139. The molecule has 0 spiro atoms. The highest BCUT2D eigenvalue weighted by Crippen LogP contribution is 2.40. The summed E-state index contributed by atoms with van der Waals surface area (Å²) in [7, 11) is 0. The molecule has 0 atom stereocenters. The molecule has 0 unspecified atom stereocenters. The maximum atomic E-state index is 10.8. The standard InChI is InChI=1S/C10H11NO.C4H6O3/c11-10(12)9-3-1-2-8(6-9)7-4-5-7;1-3(5)2-4(6)7/h1-3,6-7H,4-5H2,(H2,11,12);2H2,1H3,(H,6,7). The van der Waals surface area contributed by atoms with Gasteiger partial charge in [-0.3, -0.25) is 14.4 Å². The third-order valence-corrected chi connectivity index (χ3v) is 2.62. The van der Waals surface area contributed by atoms with Crippen molar-refractivity contribution < 1.29 is 19.5 Å². The summed E-state index contributed by atoms with van der Waals surface area (Å²) in [5.41, 5.74) is 7.04. The SMILES string of the molecule is CC(=O)CC(=O)O.NC(=O)c1cccc(C2CC2)c1. The van der Waals surface area contributed by atoms with E-state index in [1.165, 1.54) is 25.3 Å². The predicted octanol–water partition coefficient (Wildman–Crippen LogP) is 1.71. The molecule has 1 fully saturated rings. The second-order valence-electron chi connectivity index (χ2n) is 4.54. The molecule has 102 valence electrons. The number of hydrogen-bond acceptors (Lipinski definition) is 3. The van der Waals surface area contributed by atoms with Gasteiger partial charge in [-0.2, -0.15) is 0 Å². The van der Waals surface area contributed by atoms with E-state index in [1.807, 2.05) is 12.1 Å². The number of hydrogen-bond donors (Lipinski definition) is 2. The number of ketones is 1. The van der Waals surface area contributed by atoms with Crippen LogP contribution in [-0.4, -0.2) is 22.8 Å². The lowest BCUT2D eigenvalue weighted by Crippen LogP contribution is -2.10. The van der Waals surface area contributed by atoms with Gasteiger partial charge in [0.05, 0.1) is 0 Å². The molecule has 0 bridgehead atoms. The van der Waals surface area contributed by atoms with Crippen molar-refractivity contribution in [2.75, 3.05) is 0 Å². The predicted molar refractivity (Wildman–Crippen MR) is 69.9 cm³/mol. The molecule has 1 aliphatic carbocycles. The van der Waals surface area contributed by atoms with Gasteiger partial charge in [-0.05, 0) is 43.4 Å². The number of carbonyl (C=O) groups is 3. The highest BCUT2D eigenvalue weighted by Gasteiger charge is 2.23. The summed E-state index contributed by atoms with van der Waals surface area (Å²) in [6.07, 6.45) is 2.14. The van der Waals surface area contributed by atoms with Crippen molar-refractivity contribution in [3.63, 3.8) is 0 Å². The van der Waals surface area contributed by atoms with Crippen molar-refractivity contribution in [3.8, 4) is 0 Å². The number of amides is 1. The van der Waals surface area contributed by atoms with E-state index < -0.39 is 5.97 Å². The van der Waals surface area contributed by atoms with Crippen LogP contribution in [0.5, 0.6) is 0 Å². The van der Waals surface area contributed by atoms with Crippen molar-refractivity contribution in [2.24, 2.45) is 5.73 Å². The number of benzene rings is 1. The Hall–Kier alpha value is -2.17. The van der Waals surface area contributed by atoms with Crippen LogP contribution in [0.2, 0.25) is 0 Å². The van der Waals surface area contributed by atoms with Gasteiger partial charge in [0.1, 0.15) is 12.2 Å². The topological polar surface area (TPSA) is 97.5 Å². The molecule has 5 heteroatoms. The zero-order chi connectivity index (χ0) is 14.4. The van der Waals surface area contributed by atoms with Crippen LogP contribution >= 0.6 is 0 Å². The van der Waals surface area contributed by atoms with Gasteiger partial charge >= 0.3 is 5.97 Å². The molecule has 0 aliphatic heterocycles. The van der Waals surface area contributed by atoms with Crippen LogP contribution in [0.1, 0.15) is 48.0 Å². The van der Waals surface area contributed by atoms with Crippen LogP contribution in [0.4, 0.5) is 0 Å². The molecule has 0 heterocycles. The van der Waals surface area contributed by atoms with E-state index in [4.69, 9.17) is 10.8 Å². The Labute approximate surface area is 111 Å². The zero-order valence-corrected chi connectivity index (χ0v) is 10.8. The molecule has 2 rings (SSSR count). The molecular weight excluding hydrogens is 246 g/mol. The Morgan fingerprint density at radius 1 is 1.32 bits per heavy atom. The Morgan fingerprint density at radius 3 is 2.32 bits per heavy atom. The molecule has 1 amide bonds. The lowest BCUT2D eigenvalue weighted by atomic mass is 10.1. The molecule has 1 aromatic rings. The maximum Gasteiger partial charge on any atom is 0.310 e. The van der Waals surface area contributed by atoms with Crippen LogP contribution in [0, 0.1) is 0 Å². The first-order chi connectivity index (χ1) is 8.90.